The van der Waals surface area contributed by atoms with E-state index >= 15 is 0 Å². The Labute approximate surface area is 84.3 Å². The van der Waals surface area contributed by atoms with Gasteiger partial charge in [0.05, 0.1) is 5.69 Å². The van der Waals surface area contributed by atoms with Gasteiger partial charge in [-0.1, -0.05) is 0 Å². The van der Waals surface area contributed by atoms with Crippen molar-refractivity contribution in [2.24, 2.45) is 7.05 Å². The third-order valence-corrected chi connectivity index (χ3v) is 2.74. The molecule has 0 bridgehead atoms. The first-order valence-electron chi connectivity index (χ1n) is 5.06. The summed E-state index contributed by atoms with van der Waals surface area (Å²) in [6.45, 7) is 6.04. The SMILES string of the molecule is Cc1nn(C)c(C)c1O[C@@H]1CCNC1. The fraction of sp³-hybridized carbons (Fsp3) is 0.700. The van der Waals surface area contributed by atoms with Crippen molar-refractivity contribution in [3.05, 3.63) is 11.4 Å². The van der Waals surface area contributed by atoms with Gasteiger partial charge < -0.3 is 10.1 Å². The van der Waals surface area contributed by atoms with E-state index in [1.165, 1.54) is 0 Å². The van der Waals surface area contributed by atoms with E-state index in [0.717, 1.165) is 36.6 Å². The Morgan fingerprint density at radius 1 is 1.50 bits per heavy atom. The molecule has 1 atom stereocenters. The Kier molecular flexibility index (Phi) is 2.46. The summed E-state index contributed by atoms with van der Waals surface area (Å²) in [5.41, 5.74) is 2.09. The zero-order chi connectivity index (χ0) is 10.1. The maximum Gasteiger partial charge on any atom is 0.163 e. The molecule has 0 radical (unpaired) electrons. The molecule has 2 rings (SSSR count). The Bertz CT molecular complexity index is 326. The van der Waals surface area contributed by atoms with E-state index in [1.807, 2.05) is 25.6 Å². The van der Waals surface area contributed by atoms with Gasteiger partial charge in [-0.3, -0.25) is 4.68 Å². The van der Waals surface area contributed by atoms with Crippen LogP contribution in [0.2, 0.25) is 0 Å². The summed E-state index contributed by atoms with van der Waals surface area (Å²) in [6, 6.07) is 0. The number of hydrogen-bond donors (Lipinski definition) is 1. The fourth-order valence-corrected chi connectivity index (χ4v) is 1.82. The normalized spacial score (nSPS) is 21.5. The quantitative estimate of drug-likeness (QED) is 0.758. The van der Waals surface area contributed by atoms with E-state index in [-0.39, 0.29) is 0 Å². The second-order valence-electron chi connectivity index (χ2n) is 3.86. The van der Waals surface area contributed by atoms with Crippen LogP contribution in [0.1, 0.15) is 17.8 Å². The third-order valence-electron chi connectivity index (χ3n) is 2.74. The van der Waals surface area contributed by atoms with Crippen molar-refractivity contribution in [3.63, 3.8) is 0 Å². The molecule has 1 aliphatic rings. The topological polar surface area (TPSA) is 39.1 Å². The van der Waals surface area contributed by atoms with Gasteiger partial charge in [-0.25, -0.2) is 0 Å². The number of nitrogens with zero attached hydrogens (tertiary/aromatic N) is 2. The molecule has 0 spiro atoms. The lowest BCUT2D eigenvalue weighted by molar-refractivity contribution is 0.220. The van der Waals surface area contributed by atoms with Crippen molar-refractivity contribution >= 4 is 0 Å². The summed E-state index contributed by atoms with van der Waals surface area (Å²) in [5.74, 6) is 0.959. The number of nitrogens with one attached hydrogen (secondary N) is 1. The first kappa shape index (κ1) is 9.52. The van der Waals surface area contributed by atoms with Crippen LogP contribution >= 0.6 is 0 Å². The lowest BCUT2D eigenvalue weighted by Crippen LogP contribution is -2.20. The van der Waals surface area contributed by atoms with Gasteiger partial charge in [-0.15, -0.1) is 0 Å². The number of ether oxygens (including phenoxy) is 1. The second-order valence-corrected chi connectivity index (χ2v) is 3.86. The highest BCUT2D eigenvalue weighted by Crippen LogP contribution is 2.23. The molecule has 1 aromatic heterocycles. The summed E-state index contributed by atoms with van der Waals surface area (Å²) in [7, 11) is 1.95. The number of aryl methyl sites for hydroxylation is 2. The second kappa shape index (κ2) is 3.61. The van der Waals surface area contributed by atoms with Crippen LogP contribution in [-0.4, -0.2) is 29.0 Å². The van der Waals surface area contributed by atoms with Crippen LogP contribution in [0, 0.1) is 13.8 Å². The summed E-state index contributed by atoms with van der Waals surface area (Å²) in [5, 5.41) is 7.61. The molecule has 0 saturated carbocycles. The molecule has 1 N–H and O–H groups in total. The summed E-state index contributed by atoms with van der Waals surface area (Å²) in [4.78, 5) is 0. The Hall–Kier alpha value is -1.03. The van der Waals surface area contributed by atoms with Crippen molar-refractivity contribution in [2.45, 2.75) is 26.4 Å². The molecule has 14 heavy (non-hydrogen) atoms. The first-order valence-corrected chi connectivity index (χ1v) is 5.06. The highest BCUT2D eigenvalue weighted by molar-refractivity contribution is 5.32. The van der Waals surface area contributed by atoms with Crippen molar-refractivity contribution in [2.75, 3.05) is 13.1 Å². The fourth-order valence-electron chi connectivity index (χ4n) is 1.82. The molecule has 0 unspecified atom stereocenters. The standard InChI is InChI=1S/C10H17N3O/c1-7-10(8(2)13(3)12-7)14-9-4-5-11-6-9/h9,11H,4-6H2,1-3H3/t9-/m1/s1. The Morgan fingerprint density at radius 3 is 2.79 bits per heavy atom. The van der Waals surface area contributed by atoms with Crippen LogP contribution in [0.4, 0.5) is 0 Å². The van der Waals surface area contributed by atoms with Gasteiger partial charge >= 0.3 is 0 Å². The average molecular weight is 195 g/mol. The van der Waals surface area contributed by atoms with E-state index < -0.39 is 0 Å². The maximum atomic E-state index is 5.91. The van der Waals surface area contributed by atoms with Gasteiger partial charge in [0.2, 0.25) is 0 Å². The molecule has 1 saturated heterocycles. The van der Waals surface area contributed by atoms with Crippen molar-refractivity contribution < 1.29 is 4.74 Å². The van der Waals surface area contributed by atoms with Crippen molar-refractivity contribution in [3.8, 4) is 5.75 Å². The van der Waals surface area contributed by atoms with Gasteiger partial charge in [-0.2, -0.15) is 5.10 Å². The van der Waals surface area contributed by atoms with Crippen molar-refractivity contribution in [1.82, 2.24) is 15.1 Å². The predicted molar refractivity (Wildman–Crippen MR) is 54.6 cm³/mol. The minimum absolute atomic E-state index is 0.316. The van der Waals surface area contributed by atoms with Gasteiger partial charge in [-0.05, 0) is 26.8 Å². The molecule has 4 nitrogen and oxygen atoms in total. The highest BCUT2D eigenvalue weighted by Gasteiger charge is 2.19. The lowest BCUT2D eigenvalue weighted by Gasteiger charge is -2.12. The van der Waals surface area contributed by atoms with Crippen LogP contribution < -0.4 is 10.1 Å². The van der Waals surface area contributed by atoms with Crippen LogP contribution in [0.5, 0.6) is 5.75 Å². The van der Waals surface area contributed by atoms with Crippen molar-refractivity contribution in [1.29, 1.82) is 0 Å². The minimum atomic E-state index is 0.316. The summed E-state index contributed by atoms with van der Waals surface area (Å²) in [6.07, 6.45) is 1.41. The maximum absolute atomic E-state index is 5.91. The van der Waals surface area contributed by atoms with Crippen LogP contribution in [0.25, 0.3) is 0 Å². The molecule has 1 aromatic rings. The molecule has 1 fully saturated rings. The number of rotatable bonds is 2. The minimum Gasteiger partial charge on any atom is -0.485 e. The van der Waals surface area contributed by atoms with Crippen LogP contribution in [-0.2, 0) is 7.05 Å². The smallest absolute Gasteiger partial charge is 0.163 e. The Balaban J connectivity index is 2.14. The molecule has 0 aromatic carbocycles. The monoisotopic (exact) mass is 195 g/mol. The predicted octanol–water partition coefficient (Wildman–Crippen LogP) is 0.778. The zero-order valence-corrected chi connectivity index (χ0v) is 9.00. The van der Waals surface area contributed by atoms with Crippen LogP contribution in [0.3, 0.4) is 0 Å². The molecule has 1 aliphatic heterocycles. The largest absolute Gasteiger partial charge is 0.485 e. The lowest BCUT2D eigenvalue weighted by atomic mass is 10.3. The molecule has 0 amide bonds. The van der Waals surface area contributed by atoms with E-state index in [4.69, 9.17) is 4.74 Å². The number of hydrogen-bond acceptors (Lipinski definition) is 3. The number of aromatic nitrogens is 2. The first-order chi connectivity index (χ1) is 6.68. The average Bonchev–Trinajstić information content (AvgIpc) is 2.71. The molecular formula is C10H17N3O. The van der Waals surface area contributed by atoms with Gasteiger partial charge in [0.15, 0.2) is 5.75 Å². The zero-order valence-electron chi connectivity index (χ0n) is 9.00. The molecule has 4 heteroatoms. The van der Waals surface area contributed by atoms with E-state index in [0.29, 0.717) is 6.10 Å². The van der Waals surface area contributed by atoms with Gasteiger partial charge in [0.25, 0.3) is 0 Å². The van der Waals surface area contributed by atoms with Crippen LogP contribution in [0.15, 0.2) is 0 Å². The molecule has 0 aliphatic carbocycles. The molecular weight excluding hydrogens is 178 g/mol. The van der Waals surface area contributed by atoms with E-state index in [9.17, 15) is 0 Å². The molecule has 2 heterocycles. The Morgan fingerprint density at radius 2 is 2.29 bits per heavy atom. The summed E-state index contributed by atoms with van der Waals surface area (Å²) >= 11 is 0. The van der Waals surface area contributed by atoms with Gasteiger partial charge in [0, 0.05) is 13.6 Å². The highest BCUT2D eigenvalue weighted by atomic mass is 16.5. The molecule has 78 valence electrons. The van der Waals surface area contributed by atoms with E-state index in [1.54, 1.807) is 0 Å². The van der Waals surface area contributed by atoms with Gasteiger partial charge in [0.1, 0.15) is 11.8 Å². The third kappa shape index (κ3) is 1.62. The summed E-state index contributed by atoms with van der Waals surface area (Å²) < 4.78 is 7.78. The van der Waals surface area contributed by atoms with E-state index in [2.05, 4.69) is 10.4 Å².